The quantitative estimate of drug-likeness (QED) is 0.471. The summed E-state index contributed by atoms with van der Waals surface area (Å²) in [5, 5.41) is 9.82. The Balaban J connectivity index is 1.46. The summed E-state index contributed by atoms with van der Waals surface area (Å²) in [6, 6.07) is 5.74. The highest BCUT2D eigenvalue weighted by atomic mass is 19.1. The van der Waals surface area contributed by atoms with Gasteiger partial charge in [-0.05, 0) is 82.9 Å². The number of halogens is 2. The molecule has 212 valence electrons. The van der Waals surface area contributed by atoms with Crippen molar-refractivity contribution >= 4 is 11.8 Å². The Morgan fingerprint density at radius 2 is 1.76 bits per heavy atom. The van der Waals surface area contributed by atoms with Gasteiger partial charge in [-0.1, -0.05) is 31.4 Å². The number of hydrogen-bond donors (Lipinski definition) is 3. The van der Waals surface area contributed by atoms with Gasteiger partial charge in [-0.2, -0.15) is 0 Å². The number of amides is 2. The second kappa shape index (κ2) is 12.4. The van der Waals surface area contributed by atoms with E-state index in [2.05, 4.69) is 16.0 Å². The zero-order valence-corrected chi connectivity index (χ0v) is 23.3. The summed E-state index contributed by atoms with van der Waals surface area (Å²) in [6.07, 6.45) is 7.04. The molecule has 2 heterocycles. The molecule has 3 aliphatic rings. The molecule has 1 aromatic rings. The molecule has 3 atom stereocenters. The number of nitrogens with zero attached hydrogens (tertiary/aromatic N) is 1. The van der Waals surface area contributed by atoms with Crippen LogP contribution in [0.3, 0.4) is 0 Å². The predicted molar refractivity (Wildman–Crippen MR) is 146 cm³/mol. The summed E-state index contributed by atoms with van der Waals surface area (Å²) in [5.41, 5.74) is 0.134. The highest BCUT2D eigenvalue weighted by Gasteiger charge is 2.49. The molecule has 38 heavy (non-hydrogen) atoms. The zero-order chi connectivity index (χ0) is 27.3. The Hall–Kier alpha value is -2.06. The molecule has 0 bridgehead atoms. The van der Waals surface area contributed by atoms with Gasteiger partial charge in [0.1, 0.15) is 12.0 Å². The van der Waals surface area contributed by atoms with Gasteiger partial charge in [0.2, 0.25) is 11.8 Å². The molecular formula is C30H46F2N4O2. The molecule has 3 N–H and O–H groups in total. The maximum Gasteiger partial charge on any atom is 0.240 e. The first kappa shape index (κ1) is 28.9. The standard InChI is InChI=1S/C30H46F2N4O2/c1-29(2,3)35-28(38)30(22-7-5-4-6-8-22)13-15-36(16-14-30)27(37)26(17-21-9-11-23(31)12-10-21)34-20-25-18-24(32)19-33-25/h9-12,22,24-26,33-34H,4-8,13-20H2,1-3H3,(H,35,38)/t24-,25+,26+/m0/s1. The smallest absolute Gasteiger partial charge is 0.240 e. The van der Waals surface area contributed by atoms with Gasteiger partial charge in [0.25, 0.3) is 0 Å². The van der Waals surface area contributed by atoms with E-state index in [1.165, 1.54) is 18.6 Å². The van der Waals surface area contributed by atoms with Crippen LogP contribution in [0.5, 0.6) is 0 Å². The SMILES string of the molecule is CC(C)(C)NC(=O)C1(C2CCCCC2)CCN(C(=O)[C@@H](Cc2ccc(F)cc2)NC[C@H]2C[C@H](F)CN2)CC1. The first-order chi connectivity index (χ1) is 18.1. The van der Waals surface area contributed by atoms with E-state index in [0.717, 1.165) is 31.2 Å². The Labute approximate surface area is 226 Å². The van der Waals surface area contributed by atoms with Crippen LogP contribution in [0.25, 0.3) is 0 Å². The molecule has 1 aromatic carbocycles. The van der Waals surface area contributed by atoms with Crippen LogP contribution in [0.4, 0.5) is 8.78 Å². The van der Waals surface area contributed by atoms with E-state index >= 15 is 0 Å². The Morgan fingerprint density at radius 1 is 1.11 bits per heavy atom. The molecular weight excluding hydrogens is 486 g/mol. The van der Waals surface area contributed by atoms with Crippen molar-refractivity contribution in [1.82, 2.24) is 20.9 Å². The average molecular weight is 533 g/mol. The summed E-state index contributed by atoms with van der Waals surface area (Å²) in [5.74, 6) is 0.180. The lowest BCUT2D eigenvalue weighted by Crippen LogP contribution is -2.59. The molecule has 8 heteroatoms. The van der Waals surface area contributed by atoms with E-state index in [-0.39, 0.29) is 29.2 Å². The third kappa shape index (κ3) is 7.32. The fourth-order valence-electron chi connectivity index (χ4n) is 6.60. The van der Waals surface area contributed by atoms with Crippen LogP contribution in [0.2, 0.25) is 0 Å². The maximum atomic E-state index is 13.8. The van der Waals surface area contributed by atoms with E-state index in [9.17, 15) is 18.4 Å². The highest BCUT2D eigenvalue weighted by molar-refractivity contribution is 5.85. The van der Waals surface area contributed by atoms with E-state index in [4.69, 9.17) is 0 Å². The molecule has 1 saturated carbocycles. The zero-order valence-electron chi connectivity index (χ0n) is 23.3. The fraction of sp³-hybridized carbons (Fsp3) is 0.733. The lowest BCUT2D eigenvalue weighted by molar-refractivity contribution is -0.147. The van der Waals surface area contributed by atoms with E-state index in [0.29, 0.717) is 57.8 Å². The van der Waals surface area contributed by atoms with E-state index in [1.807, 2.05) is 25.7 Å². The largest absolute Gasteiger partial charge is 0.351 e. The molecule has 2 saturated heterocycles. The normalized spacial score (nSPS) is 25.2. The number of piperidine rings is 1. The maximum absolute atomic E-state index is 13.8. The number of rotatable bonds is 8. The lowest BCUT2D eigenvalue weighted by Gasteiger charge is -2.48. The van der Waals surface area contributed by atoms with E-state index < -0.39 is 17.6 Å². The Morgan fingerprint density at radius 3 is 2.34 bits per heavy atom. The minimum absolute atomic E-state index is 0.00223. The van der Waals surface area contributed by atoms with Crippen LogP contribution in [0.15, 0.2) is 24.3 Å². The summed E-state index contributed by atoms with van der Waals surface area (Å²) >= 11 is 0. The van der Waals surface area contributed by atoms with Crippen LogP contribution in [-0.4, -0.2) is 66.7 Å². The first-order valence-electron chi connectivity index (χ1n) is 14.5. The fourth-order valence-corrected chi connectivity index (χ4v) is 6.60. The lowest BCUT2D eigenvalue weighted by atomic mass is 9.63. The monoisotopic (exact) mass is 532 g/mol. The molecule has 2 aliphatic heterocycles. The third-order valence-electron chi connectivity index (χ3n) is 8.72. The van der Waals surface area contributed by atoms with Crippen molar-refractivity contribution < 1.29 is 18.4 Å². The molecule has 4 rings (SSSR count). The van der Waals surface area contributed by atoms with Crippen LogP contribution in [0.1, 0.15) is 77.7 Å². The summed E-state index contributed by atoms with van der Waals surface area (Å²) in [7, 11) is 0. The molecule has 2 amide bonds. The van der Waals surface area contributed by atoms with Gasteiger partial charge in [-0.15, -0.1) is 0 Å². The van der Waals surface area contributed by atoms with Gasteiger partial charge in [0, 0.05) is 37.8 Å². The number of benzene rings is 1. The van der Waals surface area contributed by atoms with Crippen molar-refractivity contribution in [3.8, 4) is 0 Å². The van der Waals surface area contributed by atoms with Gasteiger partial charge in [0.15, 0.2) is 0 Å². The van der Waals surface area contributed by atoms with Crippen LogP contribution in [-0.2, 0) is 16.0 Å². The van der Waals surface area contributed by atoms with Crippen molar-refractivity contribution in [2.75, 3.05) is 26.2 Å². The molecule has 6 nitrogen and oxygen atoms in total. The van der Waals surface area contributed by atoms with Crippen LogP contribution in [0, 0.1) is 17.2 Å². The number of hydrogen-bond acceptors (Lipinski definition) is 4. The van der Waals surface area contributed by atoms with Crippen molar-refractivity contribution in [1.29, 1.82) is 0 Å². The van der Waals surface area contributed by atoms with Gasteiger partial charge < -0.3 is 20.9 Å². The summed E-state index contributed by atoms with van der Waals surface area (Å²) < 4.78 is 27.2. The van der Waals surface area contributed by atoms with Gasteiger partial charge >= 0.3 is 0 Å². The first-order valence-corrected chi connectivity index (χ1v) is 14.5. The summed E-state index contributed by atoms with van der Waals surface area (Å²) in [6.45, 7) is 7.99. The van der Waals surface area contributed by atoms with Crippen molar-refractivity contribution in [2.45, 2.75) is 102 Å². The highest BCUT2D eigenvalue weighted by Crippen LogP contribution is 2.46. The Bertz CT molecular complexity index is 935. The molecule has 0 radical (unpaired) electrons. The second-order valence-electron chi connectivity index (χ2n) is 12.8. The molecule has 0 unspecified atom stereocenters. The Kier molecular flexibility index (Phi) is 9.45. The topological polar surface area (TPSA) is 73.5 Å². The number of alkyl halides is 1. The third-order valence-corrected chi connectivity index (χ3v) is 8.72. The number of carbonyl (C=O) groups excluding carboxylic acids is 2. The summed E-state index contributed by atoms with van der Waals surface area (Å²) in [4.78, 5) is 29.4. The van der Waals surface area contributed by atoms with Crippen molar-refractivity contribution in [2.24, 2.45) is 11.3 Å². The number of nitrogens with one attached hydrogen (secondary N) is 3. The van der Waals surface area contributed by atoms with Crippen LogP contribution < -0.4 is 16.0 Å². The minimum atomic E-state index is -0.859. The predicted octanol–water partition coefficient (Wildman–Crippen LogP) is 4.13. The second-order valence-corrected chi connectivity index (χ2v) is 12.8. The van der Waals surface area contributed by atoms with Crippen molar-refractivity contribution in [3.63, 3.8) is 0 Å². The molecule has 1 aliphatic carbocycles. The molecule has 3 fully saturated rings. The average Bonchev–Trinajstić information content (AvgIpc) is 3.31. The molecule has 0 spiro atoms. The number of carbonyl (C=O) groups is 2. The molecule has 0 aromatic heterocycles. The van der Waals surface area contributed by atoms with Crippen molar-refractivity contribution in [3.05, 3.63) is 35.6 Å². The van der Waals surface area contributed by atoms with Gasteiger partial charge in [-0.25, -0.2) is 8.78 Å². The van der Waals surface area contributed by atoms with Crippen LogP contribution >= 0.6 is 0 Å². The van der Waals surface area contributed by atoms with Gasteiger partial charge in [0.05, 0.1) is 11.5 Å². The number of likely N-dealkylation sites (tertiary alicyclic amines) is 1. The minimum Gasteiger partial charge on any atom is -0.351 e. The van der Waals surface area contributed by atoms with Gasteiger partial charge in [-0.3, -0.25) is 9.59 Å². The van der Waals surface area contributed by atoms with E-state index in [1.54, 1.807) is 12.1 Å².